The highest BCUT2D eigenvalue weighted by molar-refractivity contribution is 6.28. The van der Waals surface area contributed by atoms with Crippen LogP contribution in [0.1, 0.15) is 22.3 Å². The predicted molar refractivity (Wildman–Crippen MR) is 271 cm³/mol. The predicted octanol–water partition coefficient (Wildman–Crippen LogP) is 16.7. The molecule has 11 aromatic carbocycles. The van der Waals surface area contributed by atoms with Crippen LogP contribution in [0.2, 0.25) is 0 Å². The van der Waals surface area contributed by atoms with E-state index in [2.05, 4.69) is 174 Å². The first kappa shape index (κ1) is 37.7. The Bertz CT molecular complexity index is 3960. The quantitative estimate of drug-likeness (QED) is 0.155. The molecule has 2 aliphatic carbocycles. The normalized spacial score (nSPS) is 13.0. The fourth-order valence-electron chi connectivity index (χ4n) is 11.7. The van der Waals surface area contributed by atoms with Gasteiger partial charge in [0.2, 0.25) is 0 Å². The Hall–Kier alpha value is -8.67. The molecule has 5 heteroatoms. The van der Waals surface area contributed by atoms with Crippen molar-refractivity contribution in [2.45, 2.75) is 5.41 Å². The minimum absolute atomic E-state index is 0.211. The smallest absolute Gasteiger partial charge is 0.174 e. The molecule has 67 heavy (non-hydrogen) atoms. The summed E-state index contributed by atoms with van der Waals surface area (Å²) < 4.78 is 33.0. The molecule has 1 aromatic heterocycles. The van der Waals surface area contributed by atoms with Crippen molar-refractivity contribution in [1.82, 2.24) is 4.98 Å². The van der Waals surface area contributed by atoms with E-state index in [0.717, 1.165) is 77.0 Å². The lowest BCUT2D eigenvalue weighted by molar-refractivity contribution is 0.623. The fraction of sp³-hybridized carbons (Fsp3) is 0.0161. The maximum Gasteiger partial charge on any atom is 0.174 e. The Labute approximate surface area is 385 Å². The summed E-state index contributed by atoms with van der Waals surface area (Å²) >= 11 is 0. The zero-order valence-corrected chi connectivity index (χ0v) is 36.0. The second-order valence-electron chi connectivity index (χ2n) is 17.6. The molecule has 0 amide bonds. The number of para-hydroxylation sites is 1. The van der Waals surface area contributed by atoms with E-state index in [-0.39, 0.29) is 11.6 Å². The number of hydrogen-bond donors (Lipinski definition) is 0. The Kier molecular flexibility index (Phi) is 7.97. The molecule has 0 bridgehead atoms. The number of rotatable bonds is 6. The molecule has 0 radical (unpaired) electrons. The second-order valence-corrected chi connectivity index (χ2v) is 17.6. The van der Waals surface area contributed by atoms with Crippen LogP contribution in [0.25, 0.3) is 65.3 Å². The van der Waals surface area contributed by atoms with Gasteiger partial charge in [0.05, 0.1) is 28.2 Å². The topological polar surface area (TPSA) is 19.4 Å². The van der Waals surface area contributed by atoms with E-state index in [1.807, 2.05) is 35.2 Å². The van der Waals surface area contributed by atoms with Crippen LogP contribution in [0.15, 0.2) is 225 Å². The van der Waals surface area contributed by atoms with Crippen molar-refractivity contribution in [3.63, 3.8) is 0 Å². The number of aromatic nitrogens is 1. The molecular weight excluding hydrogens is 825 g/mol. The molecule has 1 spiro atoms. The largest absolute Gasteiger partial charge is 0.306 e. The van der Waals surface area contributed by atoms with Gasteiger partial charge in [0.1, 0.15) is 5.82 Å². The summed E-state index contributed by atoms with van der Waals surface area (Å²) in [6.45, 7) is 0. The van der Waals surface area contributed by atoms with Gasteiger partial charge in [0.15, 0.2) is 11.6 Å². The van der Waals surface area contributed by atoms with Crippen LogP contribution in [0.3, 0.4) is 0 Å². The first-order valence-corrected chi connectivity index (χ1v) is 22.7. The van der Waals surface area contributed by atoms with Crippen molar-refractivity contribution in [1.29, 1.82) is 0 Å². The van der Waals surface area contributed by atoms with Crippen LogP contribution in [-0.4, -0.2) is 4.98 Å². The maximum atomic E-state index is 16.9. The number of hydrogen-bond acceptors (Lipinski definition) is 3. The van der Waals surface area contributed by atoms with Crippen molar-refractivity contribution >= 4 is 77.3 Å². The third-order valence-electron chi connectivity index (χ3n) is 14.4. The second kappa shape index (κ2) is 14.2. The van der Waals surface area contributed by atoms with Gasteiger partial charge in [-0.1, -0.05) is 164 Å². The Morgan fingerprint density at radius 3 is 1.57 bits per heavy atom. The highest BCUT2D eigenvalue weighted by atomic mass is 19.1. The Morgan fingerprint density at radius 1 is 0.358 bits per heavy atom. The van der Waals surface area contributed by atoms with E-state index >= 15 is 8.78 Å². The number of halogens is 2. The molecule has 0 atom stereocenters. The molecule has 0 aliphatic heterocycles. The monoisotopic (exact) mass is 861 g/mol. The minimum Gasteiger partial charge on any atom is -0.306 e. The minimum atomic E-state index is -0.570. The number of pyridine rings is 1. The first-order chi connectivity index (χ1) is 33.1. The van der Waals surface area contributed by atoms with Gasteiger partial charge in [-0.15, -0.1) is 0 Å². The molecule has 1 heterocycles. The van der Waals surface area contributed by atoms with Crippen molar-refractivity contribution in [2.24, 2.45) is 0 Å². The molecular formula is C62H37F2N3. The SMILES string of the molecule is Fc1ccccc1N(c1cccc2c1-c1ccccc1C21c2ccccc2-c2ccccc21)c1ccc2ccc3c(N(c4ccc5ccccc5c4)c4ncccc4F)ccc4ccc1c2c43. The van der Waals surface area contributed by atoms with Gasteiger partial charge in [-0.25, -0.2) is 13.8 Å². The molecule has 14 rings (SSSR count). The molecule has 0 fully saturated rings. The van der Waals surface area contributed by atoms with Crippen LogP contribution in [0, 0.1) is 11.6 Å². The molecule has 314 valence electrons. The zero-order chi connectivity index (χ0) is 44.4. The van der Waals surface area contributed by atoms with E-state index in [4.69, 9.17) is 0 Å². The van der Waals surface area contributed by atoms with E-state index < -0.39 is 11.2 Å². The summed E-state index contributed by atoms with van der Waals surface area (Å²) in [7, 11) is 0. The van der Waals surface area contributed by atoms with Gasteiger partial charge >= 0.3 is 0 Å². The summed E-state index contributed by atoms with van der Waals surface area (Å²) in [4.78, 5) is 8.70. The van der Waals surface area contributed by atoms with Crippen LogP contribution >= 0.6 is 0 Å². The number of nitrogens with zero attached hydrogens (tertiary/aromatic N) is 3. The fourth-order valence-corrected chi connectivity index (χ4v) is 11.7. The van der Waals surface area contributed by atoms with Crippen molar-refractivity contribution < 1.29 is 8.78 Å². The lowest BCUT2D eigenvalue weighted by Crippen LogP contribution is -2.26. The summed E-state index contributed by atoms with van der Waals surface area (Å²) in [6, 6.07) is 74.5. The van der Waals surface area contributed by atoms with Crippen molar-refractivity contribution in [3.8, 4) is 22.3 Å². The van der Waals surface area contributed by atoms with Gasteiger partial charge in [0.25, 0.3) is 0 Å². The zero-order valence-electron chi connectivity index (χ0n) is 36.0. The summed E-state index contributed by atoms with van der Waals surface area (Å²) in [5.74, 6) is -0.538. The highest BCUT2D eigenvalue weighted by Gasteiger charge is 2.52. The third kappa shape index (κ3) is 5.17. The van der Waals surface area contributed by atoms with E-state index in [1.54, 1.807) is 24.4 Å². The van der Waals surface area contributed by atoms with Gasteiger partial charge in [0, 0.05) is 28.2 Å². The van der Waals surface area contributed by atoms with E-state index in [9.17, 15) is 0 Å². The molecule has 12 aromatic rings. The molecule has 0 saturated carbocycles. The lowest BCUT2D eigenvalue weighted by Gasteiger charge is -2.32. The summed E-state index contributed by atoms with van der Waals surface area (Å²) in [6.07, 6.45) is 1.64. The van der Waals surface area contributed by atoms with Crippen molar-refractivity contribution in [2.75, 3.05) is 9.80 Å². The number of benzene rings is 11. The molecule has 3 nitrogen and oxygen atoms in total. The molecule has 0 saturated heterocycles. The third-order valence-corrected chi connectivity index (χ3v) is 14.4. The summed E-state index contributed by atoms with van der Waals surface area (Å²) in [5.41, 5.74) is 12.7. The standard InChI is InChI=1S/C62H37F2N3/c63-52-22-9-10-24-56(52)67(57-25-11-21-51-60(57)45-17-5-8-20-50(45)62(51)48-18-6-3-15-43(48)44-16-4-7-19-49(44)62)55-35-30-40-27-32-46-54(34-29-39-28-33-47(55)59(40)58(39)46)66(61-53(64)23-12-36-65-61)42-31-26-38-13-1-2-14-41(38)37-42/h1-37H. The molecule has 2 aliphatic rings. The lowest BCUT2D eigenvalue weighted by atomic mass is 9.70. The van der Waals surface area contributed by atoms with Gasteiger partial charge < -0.3 is 4.90 Å². The average molecular weight is 862 g/mol. The number of anilines is 6. The molecule has 0 unspecified atom stereocenters. The van der Waals surface area contributed by atoms with E-state index in [1.165, 1.54) is 39.4 Å². The van der Waals surface area contributed by atoms with Crippen LogP contribution < -0.4 is 9.80 Å². The van der Waals surface area contributed by atoms with Crippen LogP contribution in [0.5, 0.6) is 0 Å². The average Bonchev–Trinajstić information content (AvgIpc) is 3.85. The maximum absolute atomic E-state index is 16.9. The van der Waals surface area contributed by atoms with Gasteiger partial charge in [-0.2, -0.15) is 0 Å². The van der Waals surface area contributed by atoms with Crippen LogP contribution in [0.4, 0.5) is 43.0 Å². The number of fused-ring (bicyclic) bond motifs is 11. The summed E-state index contributed by atoms with van der Waals surface area (Å²) in [5, 5.41) is 8.21. The molecule has 0 N–H and O–H groups in total. The van der Waals surface area contributed by atoms with Gasteiger partial charge in [-0.3, -0.25) is 4.90 Å². The van der Waals surface area contributed by atoms with Gasteiger partial charge in [-0.05, 0) is 126 Å². The Morgan fingerprint density at radius 2 is 0.881 bits per heavy atom. The van der Waals surface area contributed by atoms with E-state index in [0.29, 0.717) is 5.69 Å². The Balaban J connectivity index is 1.04. The highest BCUT2D eigenvalue weighted by Crippen LogP contribution is 2.65. The van der Waals surface area contributed by atoms with Crippen LogP contribution in [-0.2, 0) is 5.41 Å². The first-order valence-electron chi connectivity index (χ1n) is 22.7. The van der Waals surface area contributed by atoms with Crippen molar-refractivity contribution in [3.05, 3.63) is 258 Å².